The molecule has 30 heavy (non-hydrogen) atoms. The Kier molecular flexibility index (Phi) is 6.14. The molecule has 0 atom stereocenters. The third-order valence-corrected chi connectivity index (χ3v) is 6.18. The molecular formula is C19H13BrF4N2O3S. The molecule has 0 saturated heterocycles. The quantitative estimate of drug-likeness (QED) is 0.486. The zero-order valence-electron chi connectivity index (χ0n) is 15.5. The van der Waals surface area contributed by atoms with E-state index in [-0.39, 0.29) is 10.6 Å². The molecule has 0 bridgehead atoms. The third-order valence-electron chi connectivity index (χ3n) is 4.14. The van der Waals surface area contributed by atoms with Crippen LogP contribution in [0.2, 0.25) is 0 Å². The van der Waals surface area contributed by atoms with Gasteiger partial charge in [-0.15, -0.1) is 0 Å². The maximum Gasteiger partial charge on any atom is 0.431 e. The molecule has 0 aliphatic carbocycles. The molecule has 5 nitrogen and oxygen atoms in total. The van der Waals surface area contributed by atoms with Crippen LogP contribution in [0, 0.1) is 5.82 Å². The lowest BCUT2D eigenvalue weighted by Crippen LogP contribution is -2.41. The molecule has 1 aromatic heterocycles. The van der Waals surface area contributed by atoms with Gasteiger partial charge in [0.2, 0.25) is 0 Å². The summed E-state index contributed by atoms with van der Waals surface area (Å²) in [6.07, 6.45) is -4.91. The number of nitrogens with zero attached hydrogens (tertiary/aromatic N) is 2. The normalized spacial score (nSPS) is 11.6. The minimum atomic E-state index is -4.91. The van der Waals surface area contributed by atoms with Crippen molar-refractivity contribution in [1.29, 1.82) is 0 Å². The Hall–Kier alpha value is -2.53. The van der Waals surface area contributed by atoms with Gasteiger partial charge in [-0.2, -0.15) is 13.2 Å². The number of aromatic nitrogens is 2. The fraction of sp³-hybridized carbons (Fsp3) is 0.158. The molecule has 1 heterocycles. The van der Waals surface area contributed by atoms with Crippen LogP contribution in [0.4, 0.5) is 17.6 Å². The number of benzene rings is 2. The molecule has 0 spiro atoms. The molecule has 0 N–H and O–H groups in total. The lowest BCUT2D eigenvalue weighted by Gasteiger charge is -2.15. The first kappa shape index (κ1) is 22.2. The molecular weight excluding hydrogens is 492 g/mol. The molecule has 3 aromatic rings. The van der Waals surface area contributed by atoms with E-state index < -0.39 is 34.6 Å². The standard InChI is InChI=1S/C19H13BrF4N2O3S/c1-25-16(19(22,23)24)9-17(27)26(18(25)28)12-8-15(10(20)7-11(12)21)30-14-6-4-3-5-13(14)29-2/h3-9H,1-2H3. The minimum Gasteiger partial charge on any atom is -0.496 e. The van der Waals surface area contributed by atoms with E-state index in [9.17, 15) is 27.2 Å². The number of halogens is 5. The predicted molar refractivity (Wildman–Crippen MR) is 107 cm³/mol. The van der Waals surface area contributed by atoms with Crippen molar-refractivity contribution in [2.45, 2.75) is 16.0 Å². The molecule has 158 valence electrons. The Morgan fingerprint density at radius 2 is 1.73 bits per heavy atom. The van der Waals surface area contributed by atoms with E-state index in [1.807, 2.05) is 0 Å². The van der Waals surface area contributed by atoms with Crippen LogP contribution in [0.3, 0.4) is 0 Å². The van der Waals surface area contributed by atoms with E-state index in [0.29, 0.717) is 24.6 Å². The molecule has 2 aromatic carbocycles. The Bertz CT molecular complexity index is 1240. The van der Waals surface area contributed by atoms with E-state index in [0.717, 1.165) is 24.9 Å². The van der Waals surface area contributed by atoms with E-state index in [4.69, 9.17) is 4.74 Å². The second-order valence-corrected chi connectivity index (χ2v) is 7.97. The number of rotatable bonds is 4. The van der Waals surface area contributed by atoms with Gasteiger partial charge in [-0.1, -0.05) is 23.9 Å². The van der Waals surface area contributed by atoms with E-state index in [1.165, 1.54) is 13.2 Å². The topological polar surface area (TPSA) is 53.2 Å². The fourth-order valence-electron chi connectivity index (χ4n) is 2.71. The van der Waals surface area contributed by atoms with E-state index in [1.54, 1.807) is 24.3 Å². The summed E-state index contributed by atoms with van der Waals surface area (Å²) in [7, 11) is 2.35. The van der Waals surface area contributed by atoms with Crippen molar-refractivity contribution in [3.63, 3.8) is 0 Å². The molecule has 0 amide bonds. The second kappa shape index (κ2) is 8.31. The lowest BCUT2D eigenvalue weighted by molar-refractivity contribution is -0.144. The van der Waals surface area contributed by atoms with Crippen molar-refractivity contribution in [2.75, 3.05) is 7.11 Å². The Balaban J connectivity index is 2.19. The van der Waals surface area contributed by atoms with Crippen molar-refractivity contribution in [2.24, 2.45) is 7.05 Å². The van der Waals surface area contributed by atoms with Gasteiger partial charge in [-0.3, -0.25) is 9.36 Å². The lowest BCUT2D eigenvalue weighted by atomic mass is 10.3. The van der Waals surface area contributed by atoms with Gasteiger partial charge in [0.15, 0.2) is 0 Å². The van der Waals surface area contributed by atoms with Gasteiger partial charge in [0.25, 0.3) is 5.56 Å². The predicted octanol–water partition coefficient (Wildman–Crippen LogP) is 4.62. The fourth-order valence-corrected chi connectivity index (χ4v) is 4.23. The van der Waals surface area contributed by atoms with Crippen molar-refractivity contribution < 1.29 is 22.3 Å². The first-order valence-electron chi connectivity index (χ1n) is 8.25. The highest BCUT2D eigenvalue weighted by Gasteiger charge is 2.35. The highest BCUT2D eigenvalue weighted by molar-refractivity contribution is 9.10. The van der Waals surface area contributed by atoms with Crippen LogP contribution in [-0.4, -0.2) is 16.2 Å². The number of para-hydroxylation sites is 1. The molecule has 11 heteroatoms. The van der Waals surface area contributed by atoms with Gasteiger partial charge in [0.1, 0.15) is 17.3 Å². The highest BCUT2D eigenvalue weighted by Crippen LogP contribution is 2.39. The van der Waals surface area contributed by atoms with Crippen LogP contribution in [-0.2, 0) is 13.2 Å². The molecule has 0 aliphatic heterocycles. The van der Waals surface area contributed by atoms with Crippen LogP contribution < -0.4 is 16.0 Å². The number of alkyl halides is 3. The number of hydrogen-bond acceptors (Lipinski definition) is 4. The monoisotopic (exact) mass is 504 g/mol. The maximum absolute atomic E-state index is 14.6. The number of methoxy groups -OCH3 is 1. The first-order chi connectivity index (χ1) is 14.0. The largest absolute Gasteiger partial charge is 0.496 e. The first-order valence-corrected chi connectivity index (χ1v) is 9.86. The average Bonchev–Trinajstić information content (AvgIpc) is 2.67. The van der Waals surface area contributed by atoms with Gasteiger partial charge in [0, 0.05) is 22.5 Å². The summed E-state index contributed by atoms with van der Waals surface area (Å²) in [5.41, 5.74) is -4.49. The van der Waals surface area contributed by atoms with Gasteiger partial charge in [-0.05, 0) is 40.2 Å². The summed E-state index contributed by atoms with van der Waals surface area (Å²) in [5.74, 6) is -0.409. The summed E-state index contributed by atoms with van der Waals surface area (Å²) in [5, 5.41) is 0. The van der Waals surface area contributed by atoms with Gasteiger partial charge < -0.3 is 4.74 Å². The zero-order chi connectivity index (χ0) is 22.2. The summed E-state index contributed by atoms with van der Waals surface area (Å²) in [4.78, 5) is 25.9. The molecule has 0 saturated carbocycles. The summed E-state index contributed by atoms with van der Waals surface area (Å²) in [6, 6.07) is 9.51. The zero-order valence-corrected chi connectivity index (χ0v) is 17.9. The van der Waals surface area contributed by atoms with Crippen molar-refractivity contribution in [3.05, 3.63) is 79.3 Å². The van der Waals surface area contributed by atoms with Crippen molar-refractivity contribution in [1.82, 2.24) is 9.13 Å². The smallest absolute Gasteiger partial charge is 0.431 e. The molecule has 0 unspecified atom stereocenters. The van der Waals surface area contributed by atoms with Gasteiger partial charge in [-0.25, -0.2) is 13.8 Å². The highest BCUT2D eigenvalue weighted by atomic mass is 79.9. The third kappa shape index (κ3) is 4.17. The van der Waals surface area contributed by atoms with Crippen LogP contribution >= 0.6 is 27.7 Å². The summed E-state index contributed by atoms with van der Waals surface area (Å²) < 4.78 is 60.0. The van der Waals surface area contributed by atoms with Crippen LogP contribution in [0.5, 0.6) is 5.75 Å². The van der Waals surface area contributed by atoms with E-state index in [2.05, 4.69) is 15.9 Å². The van der Waals surface area contributed by atoms with Crippen molar-refractivity contribution >= 4 is 27.7 Å². The average molecular weight is 505 g/mol. The summed E-state index contributed by atoms with van der Waals surface area (Å²) >= 11 is 4.39. The minimum absolute atomic E-state index is 0.260. The second-order valence-electron chi connectivity index (χ2n) is 6.03. The Morgan fingerprint density at radius 1 is 1.07 bits per heavy atom. The summed E-state index contributed by atoms with van der Waals surface area (Å²) in [6.45, 7) is 0. The molecule has 0 aliphatic rings. The van der Waals surface area contributed by atoms with Gasteiger partial charge in [0.05, 0.1) is 17.7 Å². The SMILES string of the molecule is COc1ccccc1Sc1cc(-n2c(=O)cc(C(F)(F)F)n(C)c2=O)c(F)cc1Br. The van der Waals surface area contributed by atoms with E-state index >= 15 is 0 Å². The molecule has 3 rings (SSSR count). The number of ether oxygens (including phenoxy) is 1. The van der Waals surface area contributed by atoms with Crippen LogP contribution in [0.15, 0.2) is 66.3 Å². The Morgan fingerprint density at radius 3 is 2.37 bits per heavy atom. The molecule has 0 radical (unpaired) electrons. The van der Waals surface area contributed by atoms with Crippen LogP contribution in [0.1, 0.15) is 5.69 Å². The van der Waals surface area contributed by atoms with Crippen LogP contribution in [0.25, 0.3) is 5.69 Å². The Labute approximate surface area is 180 Å². The van der Waals surface area contributed by atoms with Crippen molar-refractivity contribution in [3.8, 4) is 11.4 Å². The maximum atomic E-state index is 14.6. The van der Waals surface area contributed by atoms with Gasteiger partial charge >= 0.3 is 11.9 Å². The number of hydrogen-bond donors (Lipinski definition) is 0. The molecule has 0 fully saturated rings.